The van der Waals surface area contributed by atoms with Crippen molar-refractivity contribution in [2.75, 3.05) is 46.2 Å². The Kier molecular flexibility index (Phi) is 6.28. The van der Waals surface area contributed by atoms with Gasteiger partial charge in [0.05, 0.1) is 24.8 Å². The quantitative estimate of drug-likeness (QED) is 0.656. The molecule has 2 fully saturated rings. The van der Waals surface area contributed by atoms with Crippen LogP contribution in [0.4, 0.5) is 14.9 Å². The van der Waals surface area contributed by atoms with Crippen LogP contribution in [0, 0.1) is 5.82 Å². The lowest BCUT2D eigenvalue weighted by molar-refractivity contribution is -0.177. The van der Waals surface area contributed by atoms with Crippen molar-refractivity contribution in [1.29, 1.82) is 0 Å². The fraction of sp³-hybridized carbons (Fsp3) is 0.611. The number of aliphatic hydroxyl groups is 1. The first-order chi connectivity index (χ1) is 12.8. The average Bonchev–Trinajstić information content (AvgIpc) is 3.04. The molecule has 27 heavy (non-hydrogen) atoms. The number of fused-ring (bicyclic) bond motifs is 2. The van der Waals surface area contributed by atoms with E-state index in [1.165, 1.54) is 24.3 Å². The first-order valence-electron chi connectivity index (χ1n) is 8.98. The van der Waals surface area contributed by atoms with Gasteiger partial charge in [0.15, 0.2) is 6.29 Å². The zero-order chi connectivity index (χ0) is 19.6. The molecule has 0 spiro atoms. The average molecular weight is 382 g/mol. The van der Waals surface area contributed by atoms with Crippen LogP contribution in [0.25, 0.3) is 0 Å². The Bertz CT molecular complexity index is 645. The summed E-state index contributed by atoms with van der Waals surface area (Å²) in [7, 11) is 5.86. The number of ether oxygens (including phenoxy) is 2. The molecular formula is C18H27FN4O4. The summed E-state index contributed by atoms with van der Waals surface area (Å²) in [6.45, 7) is 1.84. The first kappa shape index (κ1) is 20.0. The third-order valence-electron chi connectivity index (χ3n) is 4.94. The number of nitrogens with one attached hydrogen (secondary N) is 2. The summed E-state index contributed by atoms with van der Waals surface area (Å²) in [6, 6.07) is 3.97. The van der Waals surface area contributed by atoms with E-state index in [1.54, 1.807) is 0 Å². The summed E-state index contributed by atoms with van der Waals surface area (Å²) in [4.78, 5) is 16.4. The molecule has 150 valence electrons. The molecule has 2 aliphatic heterocycles. The molecule has 3 N–H and O–H groups in total. The molecule has 1 aromatic carbocycles. The molecule has 2 saturated heterocycles. The molecule has 2 aliphatic rings. The molecular weight excluding hydrogens is 355 g/mol. The second-order valence-corrected chi connectivity index (χ2v) is 7.27. The van der Waals surface area contributed by atoms with Gasteiger partial charge in [0, 0.05) is 18.8 Å². The molecule has 2 heterocycles. The van der Waals surface area contributed by atoms with E-state index in [9.17, 15) is 14.3 Å². The second-order valence-electron chi connectivity index (χ2n) is 7.27. The number of halogens is 1. The number of carbonyl (C=O) groups is 1. The number of hydrogen-bond donors (Lipinski definition) is 3. The maximum Gasteiger partial charge on any atom is 0.319 e. The highest BCUT2D eigenvalue weighted by Crippen LogP contribution is 2.31. The van der Waals surface area contributed by atoms with Crippen molar-refractivity contribution in [3.05, 3.63) is 30.1 Å². The Morgan fingerprint density at radius 1 is 1.26 bits per heavy atom. The molecule has 3 rings (SSSR count). The van der Waals surface area contributed by atoms with E-state index in [0.29, 0.717) is 12.3 Å². The highest BCUT2D eigenvalue weighted by atomic mass is 19.1. The minimum Gasteiger partial charge on any atom is -0.389 e. The van der Waals surface area contributed by atoms with Gasteiger partial charge in [0.25, 0.3) is 0 Å². The normalized spacial score (nSPS) is 30.0. The zero-order valence-corrected chi connectivity index (χ0v) is 15.8. The van der Waals surface area contributed by atoms with Gasteiger partial charge in [0.1, 0.15) is 11.9 Å². The van der Waals surface area contributed by atoms with E-state index in [0.717, 1.165) is 13.1 Å². The minimum atomic E-state index is -0.845. The van der Waals surface area contributed by atoms with Gasteiger partial charge in [-0.05, 0) is 45.4 Å². The number of benzene rings is 1. The third-order valence-corrected chi connectivity index (χ3v) is 4.94. The van der Waals surface area contributed by atoms with Gasteiger partial charge < -0.3 is 30.1 Å². The van der Waals surface area contributed by atoms with Crippen LogP contribution in [0.1, 0.15) is 0 Å². The largest absolute Gasteiger partial charge is 0.389 e. The van der Waals surface area contributed by atoms with Crippen molar-refractivity contribution in [2.24, 2.45) is 0 Å². The maximum absolute atomic E-state index is 13.0. The molecule has 0 saturated carbocycles. The number of nitrogens with zero attached hydrogens (tertiary/aromatic N) is 2. The summed E-state index contributed by atoms with van der Waals surface area (Å²) < 4.78 is 24.5. The molecule has 0 aromatic heterocycles. The molecule has 5 atom stereocenters. The van der Waals surface area contributed by atoms with Crippen LogP contribution in [0.15, 0.2) is 24.3 Å². The Hall–Kier alpha value is -1.78. The van der Waals surface area contributed by atoms with E-state index >= 15 is 0 Å². The fourth-order valence-electron chi connectivity index (χ4n) is 3.41. The van der Waals surface area contributed by atoms with Crippen molar-refractivity contribution in [2.45, 2.75) is 30.6 Å². The second kappa shape index (κ2) is 8.49. The highest BCUT2D eigenvalue weighted by Gasteiger charge is 2.51. The Morgan fingerprint density at radius 2 is 1.96 bits per heavy atom. The van der Waals surface area contributed by atoms with E-state index in [4.69, 9.17) is 9.47 Å². The maximum atomic E-state index is 13.0. The number of anilines is 1. The monoisotopic (exact) mass is 382 g/mol. The first-order valence-corrected chi connectivity index (χ1v) is 8.98. The van der Waals surface area contributed by atoms with E-state index in [2.05, 4.69) is 15.5 Å². The van der Waals surface area contributed by atoms with Crippen molar-refractivity contribution in [3.8, 4) is 0 Å². The van der Waals surface area contributed by atoms with E-state index in [1.807, 2.05) is 26.0 Å². The summed E-state index contributed by atoms with van der Waals surface area (Å²) in [5.41, 5.74) is 0.459. The lowest BCUT2D eigenvalue weighted by atomic mass is 9.95. The van der Waals surface area contributed by atoms with Crippen LogP contribution in [0.2, 0.25) is 0 Å². The standard InChI is InChI=1S/C18H27FN4O4/c1-22(2)8-9-23(3)15-16(24)14(13-10-26-17(15)27-13)21-18(25)20-12-6-4-11(19)5-7-12/h4-7,13-17,24H,8-10H2,1-3H3,(H2,20,21,25)/t13-,14+,15-,16-,17+/m0/s1. The molecule has 2 bridgehead atoms. The van der Waals surface area contributed by atoms with Crippen molar-refractivity contribution >= 4 is 11.7 Å². The van der Waals surface area contributed by atoms with Gasteiger partial charge in [-0.3, -0.25) is 4.90 Å². The number of carbonyl (C=O) groups excluding carboxylic acids is 1. The number of rotatable bonds is 6. The van der Waals surface area contributed by atoms with E-state index in [-0.39, 0.29) is 11.9 Å². The molecule has 9 heteroatoms. The summed E-state index contributed by atoms with van der Waals surface area (Å²) in [6.07, 6.45) is -1.78. The highest BCUT2D eigenvalue weighted by molar-refractivity contribution is 5.89. The molecule has 0 aliphatic carbocycles. The zero-order valence-electron chi connectivity index (χ0n) is 15.8. The van der Waals surface area contributed by atoms with Crippen molar-refractivity contribution in [1.82, 2.24) is 15.1 Å². The summed E-state index contributed by atoms with van der Waals surface area (Å²) in [5.74, 6) is -0.380. The SMILES string of the molecule is CN(C)CCN(C)[C@@H]1[C@@H]2OC[C@H](O2)[C@@H](NC(=O)Nc2ccc(F)cc2)[C@@H]1O. The number of amides is 2. The Morgan fingerprint density at radius 3 is 2.63 bits per heavy atom. The van der Waals surface area contributed by atoms with Crippen LogP contribution in [0.5, 0.6) is 0 Å². The molecule has 2 amide bonds. The number of urea groups is 1. The van der Waals surface area contributed by atoms with Gasteiger partial charge >= 0.3 is 6.03 Å². The molecule has 1 aromatic rings. The van der Waals surface area contributed by atoms with Crippen molar-refractivity contribution in [3.63, 3.8) is 0 Å². The van der Waals surface area contributed by atoms with Gasteiger partial charge in [0.2, 0.25) is 0 Å². The van der Waals surface area contributed by atoms with Crippen LogP contribution in [-0.4, -0.2) is 92.4 Å². The predicted octanol–water partition coefficient (Wildman–Crippen LogP) is 0.294. The smallest absolute Gasteiger partial charge is 0.319 e. The van der Waals surface area contributed by atoms with Gasteiger partial charge in [-0.25, -0.2) is 9.18 Å². The molecule has 8 nitrogen and oxygen atoms in total. The van der Waals surface area contributed by atoms with Crippen LogP contribution < -0.4 is 10.6 Å². The fourth-order valence-corrected chi connectivity index (χ4v) is 3.41. The van der Waals surface area contributed by atoms with Crippen LogP contribution in [-0.2, 0) is 9.47 Å². The van der Waals surface area contributed by atoms with Gasteiger partial charge in [-0.1, -0.05) is 0 Å². The molecule has 0 unspecified atom stereocenters. The lowest BCUT2D eigenvalue weighted by Crippen LogP contribution is -2.65. The molecule has 0 radical (unpaired) electrons. The van der Waals surface area contributed by atoms with Gasteiger partial charge in [-0.15, -0.1) is 0 Å². The minimum absolute atomic E-state index is 0.307. The number of likely N-dealkylation sites (N-methyl/N-ethyl adjacent to an activating group) is 2. The van der Waals surface area contributed by atoms with E-state index < -0.39 is 30.6 Å². The summed E-state index contributed by atoms with van der Waals surface area (Å²) >= 11 is 0. The predicted molar refractivity (Wildman–Crippen MR) is 97.9 cm³/mol. The Labute approximate surface area is 158 Å². The number of hydrogen-bond acceptors (Lipinski definition) is 6. The summed E-state index contributed by atoms with van der Waals surface area (Å²) in [5, 5.41) is 16.3. The Balaban J connectivity index is 1.63. The van der Waals surface area contributed by atoms with Crippen molar-refractivity contribution < 1.29 is 23.8 Å². The third kappa shape index (κ3) is 4.74. The van der Waals surface area contributed by atoms with Crippen LogP contribution in [0.3, 0.4) is 0 Å². The van der Waals surface area contributed by atoms with Gasteiger partial charge in [-0.2, -0.15) is 0 Å². The van der Waals surface area contributed by atoms with Crippen LogP contribution >= 0.6 is 0 Å². The topological polar surface area (TPSA) is 86.3 Å². The number of aliphatic hydroxyl groups excluding tert-OH is 1. The lowest BCUT2D eigenvalue weighted by Gasteiger charge is -2.42.